The molecular weight excluding hydrogens is 808 g/mol. The van der Waals surface area contributed by atoms with Gasteiger partial charge in [-0.3, -0.25) is 23.4 Å². The molecule has 0 aromatic rings. The topological polar surface area (TPSA) is 155 Å². The monoisotopic (exact) mass is 893 g/mol. The lowest BCUT2D eigenvalue weighted by Gasteiger charge is -2.21. The second kappa shape index (κ2) is 44.5. The smallest absolute Gasteiger partial charge is 0.462 e. The van der Waals surface area contributed by atoms with Gasteiger partial charge in [0.05, 0.1) is 19.8 Å². The predicted molar refractivity (Wildman–Crippen MR) is 251 cm³/mol. The number of allylic oxidation sites excluding steroid dienone is 12. The Morgan fingerprint density at radius 3 is 1.45 bits per heavy atom. The van der Waals surface area contributed by atoms with Crippen molar-refractivity contribution in [3.63, 3.8) is 0 Å². The molecule has 0 bridgehead atoms. The molecule has 0 heterocycles. The van der Waals surface area contributed by atoms with Gasteiger partial charge in [-0.25, -0.2) is 4.57 Å². The molecule has 0 saturated carbocycles. The number of rotatable bonds is 43. The number of phosphoric ester groups is 1. The Kier molecular flexibility index (Phi) is 42.3. The molecule has 3 unspecified atom stereocenters. The van der Waals surface area contributed by atoms with Gasteiger partial charge in [0.25, 0.3) is 0 Å². The van der Waals surface area contributed by atoms with Gasteiger partial charge in [0, 0.05) is 19.3 Å². The summed E-state index contributed by atoms with van der Waals surface area (Å²) in [5.74, 6) is -1.59. The van der Waals surface area contributed by atoms with E-state index in [4.69, 9.17) is 23.3 Å². The van der Waals surface area contributed by atoms with Crippen molar-refractivity contribution >= 4 is 25.7 Å². The number of aliphatic hydroxyl groups is 1. The van der Waals surface area contributed by atoms with Crippen LogP contribution in [0.15, 0.2) is 72.9 Å². The molecule has 11 nitrogen and oxygen atoms in total. The van der Waals surface area contributed by atoms with Crippen LogP contribution in [0.3, 0.4) is 0 Å². The van der Waals surface area contributed by atoms with Crippen molar-refractivity contribution in [1.29, 1.82) is 0 Å². The van der Waals surface area contributed by atoms with Gasteiger partial charge >= 0.3 is 25.7 Å². The largest absolute Gasteiger partial charge is 0.472 e. The van der Waals surface area contributed by atoms with Crippen LogP contribution in [0, 0.1) is 0 Å². The third kappa shape index (κ3) is 42.2. The number of esters is 3. The normalized spacial score (nSPS) is 14.2. The molecule has 62 heavy (non-hydrogen) atoms. The van der Waals surface area contributed by atoms with E-state index in [1.807, 2.05) is 12.2 Å². The number of unbranched alkanes of at least 4 members (excludes halogenated alkanes) is 14. The maximum atomic E-state index is 12.8. The van der Waals surface area contributed by atoms with E-state index in [9.17, 15) is 28.9 Å². The van der Waals surface area contributed by atoms with Crippen molar-refractivity contribution in [2.24, 2.45) is 0 Å². The van der Waals surface area contributed by atoms with Gasteiger partial charge in [-0.05, 0) is 70.6 Å². The second-order valence-electron chi connectivity index (χ2n) is 15.5. The molecule has 356 valence electrons. The summed E-state index contributed by atoms with van der Waals surface area (Å²) >= 11 is 0. The average molecular weight is 893 g/mol. The zero-order chi connectivity index (χ0) is 45.6. The van der Waals surface area contributed by atoms with Gasteiger partial charge in [-0.15, -0.1) is 0 Å². The van der Waals surface area contributed by atoms with E-state index < -0.39 is 57.8 Å². The summed E-state index contributed by atoms with van der Waals surface area (Å²) in [5.41, 5.74) is 0. The van der Waals surface area contributed by atoms with E-state index in [-0.39, 0.29) is 25.9 Å². The Labute approximate surface area is 376 Å². The third-order valence-electron chi connectivity index (χ3n) is 9.61. The molecule has 0 radical (unpaired) electrons. The minimum atomic E-state index is -4.75. The standard InChI is InChI=1S/C50H85O11P/c1-4-7-10-13-16-19-21-23-25-28-30-33-36-39-48(52)57-43-47(61-50(54)41-38-35-32-29-26-24-22-20-17-14-11-8-5-2)45-59-62(55,56)58-44-46(42-51)60-49(53)40-37-34-31-27-18-15-12-9-6-3/h8,10-11,13,17,19-21,24,26,32,35,46-47,51H,4-7,9,12,14-16,18,22-23,25,27-31,33-34,36-45H2,1-3H3,(H,55,56)/b11-8-,13-10-,20-17-,21-19-,26-24-,35-32-. The van der Waals surface area contributed by atoms with Crippen LogP contribution < -0.4 is 0 Å². The highest BCUT2D eigenvalue weighted by atomic mass is 31.2. The van der Waals surface area contributed by atoms with E-state index in [1.165, 1.54) is 32.1 Å². The number of phosphoric acid groups is 1. The summed E-state index contributed by atoms with van der Waals surface area (Å²) in [6.45, 7) is 4.30. The summed E-state index contributed by atoms with van der Waals surface area (Å²) < 4.78 is 39.1. The fourth-order valence-corrected chi connectivity index (χ4v) is 6.78. The zero-order valence-electron chi connectivity index (χ0n) is 38.8. The molecule has 2 N–H and O–H groups in total. The van der Waals surface area contributed by atoms with Crippen LogP contribution in [-0.2, 0) is 42.2 Å². The van der Waals surface area contributed by atoms with Crippen LogP contribution in [0.2, 0.25) is 0 Å². The Hall–Kier alpha value is -3.08. The fourth-order valence-electron chi connectivity index (χ4n) is 5.99. The van der Waals surface area contributed by atoms with E-state index in [2.05, 4.69) is 81.5 Å². The van der Waals surface area contributed by atoms with Crippen LogP contribution in [-0.4, -0.2) is 66.5 Å². The summed E-state index contributed by atoms with van der Waals surface area (Å²) in [7, 11) is -4.75. The first kappa shape index (κ1) is 58.9. The van der Waals surface area contributed by atoms with Crippen LogP contribution in [0.1, 0.15) is 188 Å². The lowest BCUT2D eigenvalue weighted by Crippen LogP contribution is -2.30. The number of carbonyl (C=O) groups is 3. The fraction of sp³-hybridized carbons (Fsp3) is 0.700. The predicted octanol–water partition coefficient (Wildman–Crippen LogP) is 13.0. The highest BCUT2D eigenvalue weighted by molar-refractivity contribution is 7.47. The summed E-state index contributed by atoms with van der Waals surface area (Å²) in [6.07, 6.45) is 46.2. The first-order chi connectivity index (χ1) is 30.2. The van der Waals surface area contributed by atoms with Crippen molar-refractivity contribution in [2.45, 2.75) is 200 Å². The summed E-state index contributed by atoms with van der Waals surface area (Å²) in [6, 6.07) is 0. The van der Waals surface area contributed by atoms with E-state index in [0.29, 0.717) is 19.3 Å². The molecule has 3 atom stereocenters. The maximum Gasteiger partial charge on any atom is 0.472 e. The molecule has 12 heteroatoms. The molecule has 0 rings (SSSR count). The summed E-state index contributed by atoms with van der Waals surface area (Å²) in [5, 5.41) is 9.71. The SMILES string of the molecule is CC/C=C\C/C=C\C/C=C\C/C=C\CCC(=O)OC(COC(=O)CCCCCCC/C=C\C/C=C\CCC)COP(=O)(O)OCC(CO)OC(=O)CCCCCCCCCCC. The van der Waals surface area contributed by atoms with Gasteiger partial charge in [0.1, 0.15) is 12.7 Å². The molecule has 0 fully saturated rings. The summed E-state index contributed by atoms with van der Waals surface area (Å²) in [4.78, 5) is 48.0. The van der Waals surface area contributed by atoms with E-state index in [1.54, 1.807) is 0 Å². The van der Waals surface area contributed by atoms with Crippen molar-refractivity contribution in [2.75, 3.05) is 26.4 Å². The highest BCUT2D eigenvalue weighted by Gasteiger charge is 2.28. The Morgan fingerprint density at radius 2 is 0.903 bits per heavy atom. The molecule has 0 aliphatic heterocycles. The average Bonchev–Trinajstić information content (AvgIpc) is 3.25. The molecule has 0 aliphatic carbocycles. The van der Waals surface area contributed by atoms with Crippen molar-refractivity contribution in [3.8, 4) is 0 Å². The Bertz CT molecular complexity index is 1320. The van der Waals surface area contributed by atoms with Crippen LogP contribution >= 0.6 is 7.82 Å². The number of ether oxygens (including phenoxy) is 3. The first-order valence-electron chi connectivity index (χ1n) is 23.8. The number of carbonyl (C=O) groups excluding carboxylic acids is 3. The quantitative estimate of drug-likeness (QED) is 0.0198. The molecular formula is C50H85O11P. The first-order valence-corrected chi connectivity index (χ1v) is 25.3. The molecule has 0 spiro atoms. The number of hydrogen-bond acceptors (Lipinski definition) is 10. The lowest BCUT2D eigenvalue weighted by molar-refractivity contribution is -0.161. The molecule has 0 amide bonds. The lowest BCUT2D eigenvalue weighted by atomic mass is 10.1. The molecule has 0 aliphatic rings. The Morgan fingerprint density at radius 1 is 0.468 bits per heavy atom. The molecule has 0 saturated heterocycles. The van der Waals surface area contributed by atoms with E-state index >= 15 is 0 Å². The van der Waals surface area contributed by atoms with Gasteiger partial charge < -0.3 is 24.2 Å². The maximum absolute atomic E-state index is 12.8. The zero-order valence-corrected chi connectivity index (χ0v) is 39.7. The third-order valence-corrected chi connectivity index (χ3v) is 10.6. The van der Waals surface area contributed by atoms with Gasteiger partial charge in [0.15, 0.2) is 6.10 Å². The minimum absolute atomic E-state index is 0.0420. The highest BCUT2D eigenvalue weighted by Crippen LogP contribution is 2.43. The van der Waals surface area contributed by atoms with Crippen molar-refractivity contribution < 1.29 is 52.2 Å². The minimum Gasteiger partial charge on any atom is -0.462 e. The molecule has 0 aromatic heterocycles. The van der Waals surface area contributed by atoms with Gasteiger partial charge in [-0.1, -0.05) is 171 Å². The van der Waals surface area contributed by atoms with Crippen LogP contribution in [0.5, 0.6) is 0 Å². The van der Waals surface area contributed by atoms with Crippen molar-refractivity contribution in [3.05, 3.63) is 72.9 Å². The van der Waals surface area contributed by atoms with Gasteiger partial charge in [-0.2, -0.15) is 0 Å². The van der Waals surface area contributed by atoms with E-state index in [0.717, 1.165) is 96.3 Å². The second-order valence-corrected chi connectivity index (χ2v) is 17.0. The number of hydrogen-bond donors (Lipinski definition) is 2. The Balaban J connectivity index is 4.88. The van der Waals surface area contributed by atoms with Crippen LogP contribution in [0.4, 0.5) is 0 Å². The molecule has 0 aromatic carbocycles. The van der Waals surface area contributed by atoms with Crippen molar-refractivity contribution in [1.82, 2.24) is 0 Å². The van der Waals surface area contributed by atoms with Gasteiger partial charge in [0.2, 0.25) is 0 Å². The van der Waals surface area contributed by atoms with Crippen LogP contribution in [0.25, 0.3) is 0 Å². The number of aliphatic hydroxyl groups excluding tert-OH is 1.